The molecule has 34 heavy (non-hydrogen) atoms. The van der Waals surface area contributed by atoms with Crippen molar-refractivity contribution in [2.24, 2.45) is 0 Å². The lowest BCUT2D eigenvalue weighted by molar-refractivity contribution is 0.102. The van der Waals surface area contributed by atoms with Gasteiger partial charge in [0.25, 0.3) is 11.5 Å². The minimum Gasteiger partial charge on any atom is -0.377 e. The molecule has 4 rings (SSSR count). The molecule has 1 aromatic heterocycles. The standard InChI is InChI=1S/C26H23ClN4O2S/c1-3-13-31-25(33)20-11-9-18(14-23(20)30-26(31)34)24(32)29-19-10-12-22(21(27)15-19)28-16(2)17-7-5-4-6-8-17/h3-12,14-16,28H,1,13H2,2H3,(H,29,32)(H,30,34). The number of fused-ring (bicyclic) bond motifs is 1. The molecule has 6 nitrogen and oxygen atoms in total. The van der Waals surface area contributed by atoms with E-state index in [2.05, 4.69) is 29.1 Å². The zero-order valence-electron chi connectivity index (χ0n) is 18.5. The summed E-state index contributed by atoms with van der Waals surface area (Å²) in [5, 5.41) is 7.17. The van der Waals surface area contributed by atoms with Gasteiger partial charge in [-0.1, -0.05) is 48.0 Å². The second-order valence-corrected chi connectivity index (χ2v) is 8.61. The highest BCUT2D eigenvalue weighted by atomic mass is 35.5. The van der Waals surface area contributed by atoms with Crippen LogP contribution in [-0.4, -0.2) is 15.5 Å². The fraction of sp³-hybridized carbons (Fsp3) is 0.115. The van der Waals surface area contributed by atoms with E-state index in [1.807, 2.05) is 36.4 Å². The van der Waals surface area contributed by atoms with Crippen molar-refractivity contribution >= 4 is 52.0 Å². The number of anilines is 2. The topological polar surface area (TPSA) is 78.9 Å². The van der Waals surface area contributed by atoms with E-state index in [4.69, 9.17) is 23.8 Å². The Morgan fingerprint density at radius 2 is 1.94 bits per heavy atom. The summed E-state index contributed by atoms with van der Waals surface area (Å²) < 4.78 is 1.69. The molecular weight excluding hydrogens is 468 g/mol. The molecule has 0 aliphatic rings. The molecule has 1 unspecified atom stereocenters. The molecule has 8 heteroatoms. The van der Waals surface area contributed by atoms with Gasteiger partial charge in [-0.25, -0.2) is 0 Å². The normalized spacial score (nSPS) is 11.7. The van der Waals surface area contributed by atoms with Crippen molar-refractivity contribution in [3.8, 4) is 0 Å². The maximum Gasteiger partial charge on any atom is 0.262 e. The molecule has 172 valence electrons. The maximum absolute atomic E-state index is 12.8. The Balaban J connectivity index is 1.52. The van der Waals surface area contributed by atoms with E-state index in [0.717, 1.165) is 11.3 Å². The molecule has 1 atom stereocenters. The Bertz CT molecular complexity index is 1490. The highest BCUT2D eigenvalue weighted by Gasteiger charge is 2.12. The SMILES string of the molecule is C=CCn1c(=S)[nH]c2cc(C(=O)Nc3ccc(NC(C)c4ccccc4)c(Cl)c3)ccc2c1=O. The molecule has 0 aliphatic heterocycles. The number of hydrogen-bond donors (Lipinski definition) is 3. The Labute approximate surface area is 206 Å². The number of hydrogen-bond acceptors (Lipinski definition) is 4. The smallest absolute Gasteiger partial charge is 0.262 e. The minimum atomic E-state index is -0.328. The fourth-order valence-electron chi connectivity index (χ4n) is 3.66. The molecule has 0 fully saturated rings. The highest BCUT2D eigenvalue weighted by molar-refractivity contribution is 7.71. The van der Waals surface area contributed by atoms with Crippen molar-refractivity contribution in [1.82, 2.24) is 9.55 Å². The Morgan fingerprint density at radius 3 is 2.65 bits per heavy atom. The molecular formula is C26H23ClN4O2S. The van der Waals surface area contributed by atoms with Crippen LogP contribution >= 0.6 is 23.8 Å². The zero-order valence-corrected chi connectivity index (χ0v) is 20.0. The van der Waals surface area contributed by atoms with E-state index < -0.39 is 0 Å². The van der Waals surface area contributed by atoms with Gasteiger partial charge in [0, 0.05) is 23.8 Å². The van der Waals surface area contributed by atoms with Gasteiger partial charge in [0.2, 0.25) is 0 Å². The molecule has 0 spiro atoms. The lowest BCUT2D eigenvalue weighted by Crippen LogP contribution is -2.22. The highest BCUT2D eigenvalue weighted by Crippen LogP contribution is 2.29. The van der Waals surface area contributed by atoms with Crippen molar-refractivity contribution in [2.45, 2.75) is 19.5 Å². The third kappa shape index (κ3) is 4.95. The van der Waals surface area contributed by atoms with Gasteiger partial charge in [-0.3, -0.25) is 14.2 Å². The van der Waals surface area contributed by atoms with Crippen molar-refractivity contribution in [2.75, 3.05) is 10.6 Å². The first-order valence-electron chi connectivity index (χ1n) is 10.7. The summed E-state index contributed by atoms with van der Waals surface area (Å²) in [5.41, 5.74) is 3.12. The number of halogens is 1. The average Bonchev–Trinajstić information content (AvgIpc) is 2.83. The largest absolute Gasteiger partial charge is 0.377 e. The van der Waals surface area contributed by atoms with Gasteiger partial charge in [-0.05, 0) is 61.1 Å². The predicted octanol–water partition coefficient (Wildman–Crippen LogP) is 6.32. The third-order valence-corrected chi connectivity index (χ3v) is 6.09. The lowest BCUT2D eigenvalue weighted by atomic mass is 10.1. The van der Waals surface area contributed by atoms with E-state index in [1.54, 1.807) is 36.4 Å². The minimum absolute atomic E-state index is 0.0679. The van der Waals surface area contributed by atoms with Crippen LogP contribution in [-0.2, 0) is 6.54 Å². The van der Waals surface area contributed by atoms with Crippen molar-refractivity contribution in [3.63, 3.8) is 0 Å². The van der Waals surface area contributed by atoms with E-state index in [1.165, 1.54) is 4.57 Å². The third-order valence-electron chi connectivity index (χ3n) is 5.45. The molecule has 1 amide bonds. The molecule has 1 heterocycles. The molecule has 3 aromatic carbocycles. The Hall–Kier alpha value is -3.68. The lowest BCUT2D eigenvalue weighted by Gasteiger charge is -2.17. The molecule has 0 radical (unpaired) electrons. The summed E-state index contributed by atoms with van der Waals surface area (Å²) >= 11 is 11.7. The number of aromatic amines is 1. The average molecular weight is 491 g/mol. The van der Waals surface area contributed by atoms with Gasteiger partial charge >= 0.3 is 0 Å². The number of amides is 1. The van der Waals surface area contributed by atoms with E-state index >= 15 is 0 Å². The number of H-pyrrole nitrogens is 1. The van der Waals surface area contributed by atoms with Gasteiger partial charge in [-0.2, -0.15) is 0 Å². The summed E-state index contributed by atoms with van der Waals surface area (Å²) in [4.78, 5) is 28.5. The van der Waals surface area contributed by atoms with Gasteiger partial charge in [-0.15, -0.1) is 6.58 Å². The van der Waals surface area contributed by atoms with Crippen LogP contribution in [0.4, 0.5) is 11.4 Å². The molecule has 0 saturated carbocycles. The van der Waals surface area contributed by atoms with Crippen LogP contribution in [0.1, 0.15) is 28.9 Å². The molecule has 4 aromatic rings. The van der Waals surface area contributed by atoms with Crippen LogP contribution in [0.15, 0.2) is 84.2 Å². The monoisotopic (exact) mass is 490 g/mol. The quantitative estimate of drug-likeness (QED) is 0.209. The first-order chi connectivity index (χ1) is 16.4. The van der Waals surface area contributed by atoms with E-state index in [-0.39, 0.29) is 22.3 Å². The van der Waals surface area contributed by atoms with Crippen LogP contribution < -0.4 is 16.2 Å². The Morgan fingerprint density at radius 1 is 1.18 bits per heavy atom. The number of allylic oxidation sites excluding steroid dienone is 1. The number of nitrogens with one attached hydrogen (secondary N) is 3. The van der Waals surface area contributed by atoms with Crippen LogP contribution in [0.25, 0.3) is 10.9 Å². The maximum atomic E-state index is 12.8. The molecule has 0 aliphatic carbocycles. The zero-order chi connectivity index (χ0) is 24.2. The number of aromatic nitrogens is 2. The van der Waals surface area contributed by atoms with E-state index in [9.17, 15) is 9.59 Å². The van der Waals surface area contributed by atoms with Crippen LogP contribution in [0.5, 0.6) is 0 Å². The van der Waals surface area contributed by atoms with Crippen LogP contribution in [0, 0.1) is 4.77 Å². The van der Waals surface area contributed by atoms with Gasteiger partial charge in [0.1, 0.15) is 0 Å². The fourth-order valence-corrected chi connectivity index (χ4v) is 4.16. The van der Waals surface area contributed by atoms with Gasteiger partial charge in [0.05, 0.1) is 21.6 Å². The summed E-state index contributed by atoms with van der Waals surface area (Å²) in [6.07, 6.45) is 1.60. The number of carbonyl (C=O) groups is 1. The molecule has 0 bridgehead atoms. The summed E-state index contributed by atoms with van der Waals surface area (Å²) in [5.74, 6) is -0.328. The predicted molar refractivity (Wildman–Crippen MR) is 141 cm³/mol. The summed E-state index contributed by atoms with van der Waals surface area (Å²) in [6, 6.07) is 20.3. The first-order valence-corrected chi connectivity index (χ1v) is 11.5. The number of rotatable bonds is 7. The second kappa shape index (κ2) is 10.1. The Kier molecular flexibility index (Phi) is 6.95. The molecule has 0 saturated heterocycles. The summed E-state index contributed by atoms with van der Waals surface area (Å²) in [6.45, 7) is 6.01. The number of benzene rings is 3. The van der Waals surface area contributed by atoms with Crippen molar-refractivity contribution in [3.05, 3.63) is 111 Å². The molecule has 3 N–H and O–H groups in total. The van der Waals surface area contributed by atoms with Crippen molar-refractivity contribution < 1.29 is 4.79 Å². The van der Waals surface area contributed by atoms with E-state index in [0.29, 0.717) is 33.7 Å². The van der Waals surface area contributed by atoms with Crippen molar-refractivity contribution in [1.29, 1.82) is 0 Å². The van der Waals surface area contributed by atoms with Gasteiger partial charge in [0.15, 0.2) is 4.77 Å². The first kappa shape index (κ1) is 23.5. The number of nitrogens with zero attached hydrogens (tertiary/aromatic N) is 1. The van der Waals surface area contributed by atoms with Crippen LogP contribution in [0.2, 0.25) is 5.02 Å². The summed E-state index contributed by atoms with van der Waals surface area (Å²) in [7, 11) is 0. The van der Waals surface area contributed by atoms with Gasteiger partial charge < -0.3 is 15.6 Å². The van der Waals surface area contributed by atoms with Crippen LogP contribution in [0.3, 0.4) is 0 Å². The second-order valence-electron chi connectivity index (χ2n) is 7.82. The number of carbonyl (C=O) groups excluding carboxylic acids is 1.